The Balaban J connectivity index is 2.65. The number of nitrogens with zero attached hydrogens (tertiary/aromatic N) is 2. The maximum atomic E-state index is 11.8. The fourth-order valence-corrected chi connectivity index (χ4v) is 1.73. The minimum absolute atomic E-state index is 0.128. The van der Waals surface area contributed by atoms with Gasteiger partial charge in [0, 0.05) is 6.54 Å². The summed E-state index contributed by atoms with van der Waals surface area (Å²) in [6, 6.07) is 1.82. The summed E-state index contributed by atoms with van der Waals surface area (Å²) < 4.78 is 5.21. The first-order valence-corrected chi connectivity index (χ1v) is 5.37. The third-order valence-electron chi connectivity index (χ3n) is 2.44. The van der Waals surface area contributed by atoms with Gasteiger partial charge in [0.2, 0.25) is 0 Å². The van der Waals surface area contributed by atoms with Gasteiger partial charge in [-0.2, -0.15) is 5.26 Å². The van der Waals surface area contributed by atoms with Crippen molar-refractivity contribution in [3.8, 4) is 6.07 Å². The van der Waals surface area contributed by atoms with E-state index in [0.717, 1.165) is 0 Å². The third-order valence-corrected chi connectivity index (χ3v) is 2.44. The highest BCUT2D eigenvalue weighted by molar-refractivity contribution is 5.69. The van der Waals surface area contributed by atoms with Crippen molar-refractivity contribution < 1.29 is 14.6 Å². The van der Waals surface area contributed by atoms with Crippen LogP contribution in [-0.2, 0) is 4.74 Å². The Bertz CT molecular complexity index is 303. The highest BCUT2D eigenvalue weighted by Gasteiger charge is 2.37. The summed E-state index contributed by atoms with van der Waals surface area (Å²) in [5.41, 5.74) is -0.554. The second kappa shape index (κ2) is 4.71. The Hall–Kier alpha value is -1.28. The Labute approximate surface area is 95.6 Å². The van der Waals surface area contributed by atoms with Gasteiger partial charge in [-0.05, 0) is 27.2 Å². The average molecular weight is 226 g/mol. The van der Waals surface area contributed by atoms with Crippen molar-refractivity contribution in [3.05, 3.63) is 0 Å². The molecule has 5 heteroatoms. The zero-order valence-electron chi connectivity index (χ0n) is 9.93. The first-order chi connectivity index (χ1) is 7.37. The molecule has 1 heterocycles. The maximum absolute atomic E-state index is 11.8. The van der Waals surface area contributed by atoms with Crippen LogP contribution in [0.4, 0.5) is 4.79 Å². The lowest BCUT2D eigenvalue weighted by molar-refractivity contribution is 0.0174. The summed E-state index contributed by atoms with van der Waals surface area (Å²) in [5.74, 6) is -0.204. The molecule has 1 N–H and O–H groups in total. The van der Waals surface area contributed by atoms with Crippen LogP contribution in [0, 0.1) is 17.2 Å². The minimum atomic E-state index is -0.554. The quantitative estimate of drug-likeness (QED) is 0.727. The second-order valence-corrected chi connectivity index (χ2v) is 5.03. The molecule has 0 saturated carbocycles. The molecule has 1 saturated heterocycles. The van der Waals surface area contributed by atoms with Crippen LogP contribution < -0.4 is 0 Å². The number of ether oxygens (including phenoxy) is 1. The number of amides is 1. The van der Waals surface area contributed by atoms with Crippen molar-refractivity contribution in [3.63, 3.8) is 0 Å². The smallest absolute Gasteiger partial charge is 0.410 e. The molecule has 2 atom stereocenters. The molecule has 5 nitrogen and oxygen atoms in total. The Morgan fingerprint density at radius 1 is 1.62 bits per heavy atom. The summed E-state index contributed by atoms with van der Waals surface area (Å²) >= 11 is 0. The van der Waals surface area contributed by atoms with Gasteiger partial charge in [0.15, 0.2) is 0 Å². The standard InChI is InChI=1S/C11H18N2O3/c1-11(2,3)16-10(15)13-6-8(5-12)4-9(13)7-14/h8-9,14H,4,6-7H2,1-3H3/t8-,9-/m0/s1. The SMILES string of the molecule is CC(C)(C)OC(=O)N1C[C@H](C#N)C[C@H]1CO. The van der Waals surface area contributed by atoms with Crippen molar-refractivity contribution in [1.29, 1.82) is 5.26 Å². The lowest BCUT2D eigenvalue weighted by Crippen LogP contribution is -2.41. The normalized spacial score (nSPS) is 25.3. The molecule has 16 heavy (non-hydrogen) atoms. The highest BCUT2D eigenvalue weighted by atomic mass is 16.6. The monoisotopic (exact) mass is 226 g/mol. The van der Waals surface area contributed by atoms with Gasteiger partial charge in [-0.3, -0.25) is 0 Å². The number of aliphatic hydroxyl groups is 1. The fraction of sp³-hybridized carbons (Fsp3) is 0.818. The molecule has 0 unspecified atom stereocenters. The number of likely N-dealkylation sites (tertiary alicyclic amines) is 1. The van der Waals surface area contributed by atoms with Crippen LogP contribution in [0.5, 0.6) is 0 Å². The Morgan fingerprint density at radius 2 is 2.25 bits per heavy atom. The number of hydrogen-bond acceptors (Lipinski definition) is 4. The first kappa shape index (κ1) is 12.8. The van der Waals surface area contributed by atoms with Crippen LogP contribution in [0.2, 0.25) is 0 Å². The molecular formula is C11H18N2O3. The van der Waals surface area contributed by atoms with E-state index in [4.69, 9.17) is 15.1 Å². The molecule has 90 valence electrons. The van der Waals surface area contributed by atoms with Crippen LogP contribution in [0.15, 0.2) is 0 Å². The van der Waals surface area contributed by atoms with Crippen LogP contribution in [0.25, 0.3) is 0 Å². The molecule has 1 amide bonds. The van der Waals surface area contributed by atoms with E-state index < -0.39 is 11.7 Å². The van der Waals surface area contributed by atoms with Gasteiger partial charge in [0.25, 0.3) is 0 Å². The molecule has 0 aromatic rings. The number of aliphatic hydroxyl groups excluding tert-OH is 1. The van der Waals surface area contributed by atoms with E-state index in [1.165, 1.54) is 4.90 Å². The molecule has 0 aromatic carbocycles. The van der Waals surface area contributed by atoms with Crippen LogP contribution in [0.1, 0.15) is 27.2 Å². The topological polar surface area (TPSA) is 73.6 Å². The van der Waals surface area contributed by atoms with E-state index in [0.29, 0.717) is 13.0 Å². The maximum Gasteiger partial charge on any atom is 0.410 e. The highest BCUT2D eigenvalue weighted by Crippen LogP contribution is 2.24. The van der Waals surface area contributed by atoms with Gasteiger partial charge >= 0.3 is 6.09 Å². The van der Waals surface area contributed by atoms with Crippen LogP contribution in [0.3, 0.4) is 0 Å². The molecule has 1 aliphatic heterocycles. The number of carbonyl (C=O) groups is 1. The number of carbonyl (C=O) groups excluding carboxylic acids is 1. The Kier molecular flexibility index (Phi) is 3.76. The predicted molar refractivity (Wildman–Crippen MR) is 57.5 cm³/mol. The molecule has 0 spiro atoms. The molecule has 1 fully saturated rings. The molecule has 1 rings (SSSR count). The van der Waals surface area contributed by atoms with Crippen molar-refractivity contribution in [2.75, 3.05) is 13.2 Å². The largest absolute Gasteiger partial charge is 0.444 e. The molecule has 0 bridgehead atoms. The van der Waals surface area contributed by atoms with E-state index in [2.05, 4.69) is 6.07 Å². The van der Waals surface area contributed by atoms with Crippen molar-refractivity contribution in [2.24, 2.45) is 5.92 Å². The van der Waals surface area contributed by atoms with E-state index in [9.17, 15) is 4.79 Å². The lowest BCUT2D eigenvalue weighted by Gasteiger charge is -2.27. The average Bonchev–Trinajstić information content (AvgIpc) is 2.58. The second-order valence-electron chi connectivity index (χ2n) is 5.03. The van der Waals surface area contributed by atoms with Gasteiger partial charge < -0.3 is 14.7 Å². The van der Waals surface area contributed by atoms with Crippen molar-refractivity contribution in [1.82, 2.24) is 4.90 Å². The van der Waals surface area contributed by atoms with E-state index in [-0.39, 0.29) is 18.6 Å². The van der Waals surface area contributed by atoms with Crippen LogP contribution >= 0.6 is 0 Å². The summed E-state index contributed by atoms with van der Waals surface area (Å²) in [6.45, 7) is 5.58. The summed E-state index contributed by atoms with van der Waals surface area (Å²) in [6.07, 6.45) is 0.0657. The number of nitriles is 1. The van der Waals surface area contributed by atoms with Crippen LogP contribution in [-0.4, -0.2) is 40.9 Å². The summed E-state index contributed by atoms with van der Waals surface area (Å²) in [5, 5.41) is 17.9. The van der Waals surface area contributed by atoms with E-state index in [1.807, 2.05) is 0 Å². The zero-order valence-corrected chi connectivity index (χ0v) is 9.93. The van der Waals surface area contributed by atoms with E-state index >= 15 is 0 Å². The molecule has 0 aliphatic carbocycles. The lowest BCUT2D eigenvalue weighted by atomic mass is 10.1. The van der Waals surface area contributed by atoms with Gasteiger partial charge in [0.1, 0.15) is 5.60 Å². The number of rotatable bonds is 1. The first-order valence-electron chi connectivity index (χ1n) is 5.37. The van der Waals surface area contributed by atoms with Gasteiger partial charge in [-0.1, -0.05) is 0 Å². The Morgan fingerprint density at radius 3 is 2.69 bits per heavy atom. The van der Waals surface area contributed by atoms with Gasteiger partial charge in [0.05, 0.1) is 24.6 Å². The molecule has 0 radical (unpaired) electrons. The van der Waals surface area contributed by atoms with Gasteiger partial charge in [-0.25, -0.2) is 4.79 Å². The van der Waals surface area contributed by atoms with E-state index in [1.54, 1.807) is 20.8 Å². The molecule has 0 aromatic heterocycles. The third kappa shape index (κ3) is 3.11. The summed E-state index contributed by atoms with van der Waals surface area (Å²) in [4.78, 5) is 13.2. The number of hydrogen-bond donors (Lipinski definition) is 1. The predicted octanol–water partition coefficient (Wildman–Crippen LogP) is 1.13. The zero-order chi connectivity index (χ0) is 12.3. The molecular weight excluding hydrogens is 208 g/mol. The fourth-order valence-electron chi connectivity index (χ4n) is 1.73. The van der Waals surface area contributed by atoms with Crippen molar-refractivity contribution >= 4 is 6.09 Å². The van der Waals surface area contributed by atoms with Gasteiger partial charge in [-0.15, -0.1) is 0 Å². The van der Waals surface area contributed by atoms with Crippen molar-refractivity contribution in [2.45, 2.75) is 38.8 Å². The molecule has 1 aliphatic rings. The minimum Gasteiger partial charge on any atom is -0.444 e. The summed E-state index contributed by atoms with van der Waals surface area (Å²) in [7, 11) is 0.